The topological polar surface area (TPSA) is 71.5 Å². The number of nitrogens with zero attached hydrogens (tertiary/aromatic N) is 3. The van der Waals surface area contributed by atoms with Crippen LogP contribution in [0.15, 0.2) is 24.3 Å². The van der Waals surface area contributed by atoms with Crippen molar-refractivity contribution in [2.45, 2.75) is 33.2 Å². The van der Waals surface area contributed by atoms with Crippen LogP contribution in [0.4, 0.5) is 17.5 Å². The fraction of sp³-hybridized carbons (Fsp3) is 0.524. The molecule has 7 nitrogen and oxygen atoms in total. The van der Waals surface area contributed by atoms with E-state index in [4.69, 9.17) is 9.47 Å². The van der Waals surface area contributed by atoms with Crippen LogP contribution in [0.3, 0.4) is 0 Å². The minimum atomic E-state index is 0.544. The Kier molecular flexibility index (Phi) is 6.57. The maximum absolute atomic E-state index is 6.14. The predicted molar refractivity (Wildman–Crippen MR) is 113 cm³/mol. The summed E-state index contributed by atoms with van der Waals surface area (Å²) in [5.41, 5.74) is 1.75. The molecule has 1 aromatic heterocycles. The van der Waals surface area contributed by atoms with E-state index in [-0.39, 0.29) is 0 Å². The zero-order valence-electron chi connectivity index (χ0n) is 17.5. The highest BCUT2D eigenvalue weighted by molar-refractivity contribution is 5.60. The normalized spacial score (nSPS) is 17.0. The Morgan fingerprint density at radius 1 is 1.21 bits per heavy atom. The van der Waals surface area contributed by atoms with E-state index in [1.54, 1.807) is 7.11 Å². The summed E-state index contributed by atoms with van der Waals surface area (Å²) in [6.07, 6.45) is 1.17. The second-order valence-electron chi connectivity index (χ2n) is 7.51. The van der Waals surface area contributed by atoms with E-state index in [1.165, 1.54) is 6.42 Å². The average Bonchev–Trinajstić information content (AvgIpc) is 3.15. The van der Waals surface area contributed by atoms with Crippen molar-refractivity contribution in [2.75, 3.05) is 44.5 Å². The predicted octanol–water partition coefficient (Wildman–Crippen LogP) is 3.69. The maximum atomic E-state index is 6.14. The van der Waals surface area contributed by atoms with Gasteiger partial charge in [-0.15, -0.1) is 0 Å². The van der Waals surface area contributed by atoms with Crippen molar-refractivity contribution < 1.29 is 9.47 Å². The van der Waals surface area contributed by atoms with E-state index in [0.717, 1.165) is 41.8 Å². The van der Waals surface area contributed by atoms with Gasteiger partial charge in [-0.2, -0.15) is 4.98 Å². The van der Waals surface area contributed by atoms with Crippen LogP contribution in [0.1, 0.15) is 26.0 Å². The number of anilines is 3. The van der Waals surface area contributed by atoms with E-state index in [9.17, 15) is 0 Å². The van der Waals surface area contributed by atoms with Gasteiger partial charge in [-0.05, 0) is 45.9 Å². The first kappa shape index (κ1) is 20.2. The third-order valence-electron chi connectivity index (χ3n) is 5.05. The van der Waals surface area contributed by atoms with Crippen molar-refractivity contribution in [2.24, 2.45) is 5.92 Å². The van der Waals surface area contributed by atoms with Gasteiger partial charge in [0.25, 0.3) is 0 Å². The molecule has 28 heavy (non-hydrogen) atoms. The van der Waals surface area contributed by atoms with Gasteiger partial charge in [0.05, 0.1) is 13.7 Å². The summed E-state index contributed by atoms with van der Waals surface area (Å²) in [6.45, 7) is 9.35. The first-order valence-corrected chi connectivity index (χ1v) is 9.84. The van der Waals surface area contributed by atoms with Crippen molar-refractivity contribution in [1.82, 2.24) is 14.9 Å². The lowest BCUT2D eigenvalue weighted by Gasteiger charge is -2.20. The molecule has 1 fully saturated rings. The van der Waals surface area contributed by atoms with Crippen molar-refractivity contribution in [3.05, 3.63) is 30.0 Å². The first-order chi connectivity index (χ1) is 13.5. The summed E-state index contributed by atoms with van der Waals surface area (Å²) in [5, 5.41) is 6.30. The highest BCUT2D eigenvalue weighted by atomic mass is 16.5. The number of hydrogen-bond donors (Lipinski definition) is 2. The molecule has 2 heterocycles. The fourth-order valence-electron chi connectivity index (χ4n) is 3.42. The van der Waals surface area contributed by atoms with Gasteiger partial charge >= 0.3 is 0 Å². The summed E-state index contributed by atoms with van der Waals surface area (Å²) in [6, 6.07) is 8.27. The Balaban J connectivity index is 1.69. The van der Waals surface area contributed by atoms with E-state index >= 15 is 0 Å². The van der Waals surface area contributed by atoms with Crippen LogP contribution in [0, 0.1) is 12.8 Å². The molecule has 2 aromatic rings. The van der Waals surface area contributed by atoms with Crippen LogP contribution >= 0.6 is 0 Å². The van der Waals surface area contributed by atoms with Crippen LogP contribution in [0.5, 0.6) is 11.5 Å². The molecular weight excluding hydrogens is 354 g/mol. The standard InChI is InChI=1S/C21H31N5O2/c1-14(2)26-9-8-16(12-26)13-28-19-11-17(6-7-18(19)27-5)24-21-23-15(3)10-20(22-4)25-21/h6-7,10-11,14,16H,8-9,12-13H2,1-5H3,(H2,22,23,24,25)/t16-/m1/s1. The monoisotopic (exact) mass is 385 g/mol. The second kappa shape index (κ2) is 9.10. The SMILES string of the molecule is CNc1cc(C)nc(Nc2ccc(OC)c(OC[C@@H]3CCN(C(C)C)C3)c2)n1. The molecule has 2 N–H and O–H groups in total. The van der Waals surface area contributed by atoms with Gasteiger partial charge in [-0.1, -0.05) is 0 Å². The Morgan fingerprint density at radius 3 is 2.71 bits per heavy atom. The van der Waals surface area contributed by atoms with E-state index in [0.29, 0.717) is 24.5 Å². The van der Waals surface area contributed by atoms with Gasteiger partial charge in [0.15, 0.2) is 11.5 Å². The summed E-state index contributed by atoms with van der Waals surface area (Å²) in [7, 11) is 3.50. The van der Waals surface area contributed by atoms with Crippen molar-refractivity contribution in [3.8, 4) is 11.5 Å². The number of methoxy groups -OCH3 is 1. The van der Waals surface area contributed by atoms with Crippen LogP contribution < -0.4 is 20.1 Å². The Labute approximate surface area is 167 Å². The molecule has 0 bridgehead atoms. The summed E-state index contributed by atoms with van der Waals surface area (Å²) >= 11 is 0. The van der Waals surface area contributed by atoms with E-state index in [1.807, 2.05) is 38.2 Å². The average molecular weight is 386 g/mol. The number of ether oxygens (including phenoxy) is 2. The van der Waals surface area contributed by atoms with Gasteiger partial charge in [0.1, 0.15) is 5.82 Å². The fourth-order valence-corrected chi connectivity index (χ4v) is 3.42. The molecule has 0 spiro atoms. The Hall–Kier alpha value is -2.54. The minimum Gasteiger partial charge on any atom is -0.493 e. The van der Waals surface area contributed by atoms with Crippen molar-refractivity contribution >= 4 is 17.5 Å². The highest BCUT2D eigenvalue weighted by Gasteiger charge is 2.25. The van der Waals surface area contributed by atoms with Crippen LogP contribution in [-0.2, 0) is 0 Å². The maximum Gasteiger partial charge on any atom is 0.229 e. The van der Waals surface area contributed by atoms with Crippen molar-refractivity contribution in [3.63, 3.8) is 0 Å². The molecule has 1 saturated heterocycles. The molecule has 1 atom stereocenters. The summed E-state index contributed by atoms with van der Waals surface area (Å²) in [4.78, 5) is 11.4. The zero-order chi connectivity index (χ0) is 20.1. The molecule has 7 heteroatoms. The molecule has 1 aliphatic heterocycles. The summed E-state index contributed by atoms with van der Waals surface area (Å²) in [5.74, 6) is 3.32. The first-order valence-electron chi connectivity index (χ1n) is 9.84. The smallest absolute Gasteiger partial charge is 0.229 e. The van der Waals surface area contributed by atoms with Crippen molar-refractivity contribution in [1.29, 1.82) is 0 Å². The molecule has 0 unspecified atom stereocenters. The molecule has 1 aromatic carbocycles. The highest BCUT2D eigenvalue weighted by Crippen LogP contribution is 2.32. The van der Waals surface area contributed by atoms with E-state index in [2.05, 4.69) is 39.3 Å². The third-order valence-corrected chi connectivity index (χ3v) is 5.05. The van der Waals surface area contributed by atoms with Gasteiger partial charge in [0.2, 0.25) is 5.95 Å². The second-order valence-corrected chi connectivity index (χ2v) is 7.51. The van der Waals surface area contributed by atoms with Crippen LogP contribution in [0.25, 0.3) is 0 Å². The molecule has 152 valence electrons. The third kappa shape index (κ3) is 5.04. The number of benzene rings is 1. The number of aromatic nitrogens is 2. The number of rotatable bonds is 8. The number of nitrogens with one attached hydrogen (secondary N) is 2. The molecule has 3 rings (SSSR count). The molecule has 1 aliphatic rings. The summed E-state index contributed by atoms with van der Waals surface area (Å²) < 4.78 is 11.6. The van der Waals surface area contributed by atoms with Gasteiger partial charge in [-0.25, -0.2) is 4.98 Å². The van der Waals surface area contributed by atoms with Gasteiger partial charge < -0.3 is 25.0 Å². The van der Waals surface area contributed by atoms with Crippen LogP contribution in [-0.4, -0.2) is 54.8 Å². The quantitative estimate of drug-likeness (QED) is 0.718. The van der Waals surface area contributed by atoms with Crippen LogP contribution in [0.2, 0.25) is 0 Å². The molecular formula is C21H31N5O2. The number of likely N-dealkylation sites (tertiary alicyclic amines) is 1. The lowest BCUT2D eigenvalue weighted by Crippen LogP contribution is -2.29. The Bertz CT molecular complexity index is 796. The number of aryl methyl sites for hydroxylation is 1. The molecule has 0 radical (unpaired) electrons. The lowest BCUT2D eigenvalue weighted by atomic mass is 10.1. The molecule has 0 amide bonds. The number of hydrogen-bond acceptors (Lipinski definition) is 7. The Morgan fingerprint density at radius 2 is 2.04 bits per heavy atom. The van der Waals surface area contributed by atoms with E-state index < -0.39 is 0 Å². The zero-order valence-corrected chi connectivity index (χ0v) is 17.5. The lowest BCUT2D eigenvalue weighted by molar-refractivity contribution is 0.218. The minimum absolute atomic E-state index is 0.544. The van der Waals surface area contributed by atoms with Gasteiger partial charge in [-0.3, -0.25) is 0 Å². The largest absolute Gasteiger partial charge is 0.493 e. The van der Waals surface area contributed by atoms with Gasteiger partial charge in [0, 0.05) is 49.1 Å². The molecule has 0 saturated carbocycles. The molecule has 0 aliphatic carbocycles.